The first-order valence-corrected chi connectivity index (χ1v) is 9.11. The zero-order valence-corrected chi connectivity index (χ0v) is 14.8. The van der Waals surface area contributed by atoms with Crippen molar-refractivity contribution >= 4 is 11.0 Å². The molecule has 1 fully saturated rings. The van der Waals surface area contributed by atoms with E-state index in [4.69, 9.17) is 4.74 Å². The summed E-state index contributed by atoms with van der Waals surface area (Å²) in [6.45, 7) is 4.23. The molecule has 25 heavy (non-hydrogen) atoms. The largest absolute Gasteiger partial charge is 0.495 e. The topological polar surface area (TPSA) is 30.3 Å². The van der Waals surface area contributed by atoms with Crippen molar-refractivity contribution in [2.45, 2.75) is 32.4 Å². The van der Waals surface area contributed by atoms with Crippen LogP contribution < -0.4 is 4.74 Å². The van der Waals surface area contributed by atoms with Crippen LogP contribution in [0, 0.1) is 0 Å². The average Bonchev–Trinajstić information content (AvgIpc) is 3.00. The number of piperidine rings is 1. The van der Waals surface area contributed by atoms with E-state index in [9.17, 15) is 0 Å². The van der Waals surface area contributed by atoms with Crippen LogP contribution in [0.2, 0.25) is 0 Å². The number of rotatable bonds is 5. The first kappa shape index (κ1) is 16.2. The first-order valence-electron chi connectivity index (χ1n) is 9.11. The van der Waals surface area contributed by atoms with Crippen LogP contribution in [0.1, 0.15) is 30.4 Å². The third-order valence-corrected chi connectivity index (χ3v) is 5.05. The zero-order chi connectivity index (χ0) is 17.1. The maximum Gasteiger partial charge on any atom is 0.140 e. The molecule has 4 heteroatoms. The number of pyridine rings is 1. The van der Waals surface area contributed by atoms with Crippen LogP contribution in [-0.4, -0.2) is 34.7 Å². The van der Waals surface area contributed by atoms with Crippen molar-refractivity contribution < 1.29 is 4.74 Å². The van der Waals surface area contributed by atoms with Gasteiger partial charge in [-0.15, -0.1) is 0 Å². The molecule has 130 valence electrons. The summed E-state index contributed by atoms with van der Waals surface area (Å²) in [4.78, 5) is 7.24. The van der Waals surface area contributed by atoms with Gasteiger partial charge in [0.1, 0.15) is 11.4 Å². The third kappa shape index (κ3) is 3.54. The summed E-state index contributed by atoms with van der Waals surface area (Å²) in [6, 6.07) is 12.7. The molecule has 0 N–H and O–H groups in total. The van der Waals surface area contributed by atoms with Gasteiger partial charge in [0.25, 0.3) is 0 Å². The Morgan fingerprint density at radius 2 is 1.84 bits per heavy atom. The van der Waals surface area contributed by atoms with Gasteiger partial charge in [-0.1, -0.05) is 36.8 Å². The average molecular weight is 335 g/mol. The molecule has 0 saturated carbocycles. The highest BCUT2D eigenvalue weighted by Gasteiger charge is 2.16. The minimum Gasteiger partial charge on any atom is -0.495 e. The number of benzene rings is 1. The fourth-order valence-corrected chi connectivity index (χ4v) is 3.72. The molecule has 1 saturated heterocycles. The SMILES string of the molecule is COc1cnc2c(c1)c(CN1CCCCC1)cn2Cc1ccccc1. The molecular weight excluding hydrogens is 310 g/mol. The molecule has 0 unspecified atom stereocenters. The van der Waals surface area contributed by atoms with Gasteiger partial charge in [0, 0.05) is 24.7 Å². The van der Waals surface area contributed by atoms with Crippen molar-refractivity contribution in [1.82, 2.24) is 14.5 Å². The van der Waals surface area contributed by atoms with Gasteiger partial charge in [0.15, 0.2) is 0 Å². The van der Waals surface area contributed by atoms with E-state index in [1.165, 1.54) is 48.9 Å². The number of fused-ring (bicyclic) bond motifs is 1. The number of hydrogen-bond acceptors (Lipinski definition) is 3. The second-order valence-electron chi connectivity index (χ2n) is 6.85. The Labute approximate surface area is 149 Å². The lowest BCUT2D eigenvalue weighted by molar-refractivity contribution is 0.221. The molecule has 0 aliphatic carbocycles. The van der Waals surface area contributed by atoms with Gasteiger partial charge in [0.2, 0.25) is 0 Å². The Kier molecular flexibility index (Phi) is 4.70. The molecular formula is C21H25N3O. The first-order chi connectivity index (χ1) is 12.3. The third-order valence-electron chi connectivity index (χ3n) is 5.05. The molecule has 4 nitrogen and oxygen atoms in total. The second kappa shape index (κ2) is 7.28. The predicted octanol–water partition coefficient (Wildman–Crippen LogP) is 4.08. The lowest BCUT2D eigenvalue weighted by Crippen LogP contribution is -2.28. The number of aromatic nitrogens is 2. The van der Waals surface area contributed by atoms with Crippen molar-refractivity contribution in [3.8, 4) is 5.75 Å². The van der Waals surface area contributed by atoms with Crippen LogP contribution in [0.5, 0.6) is 5.75 Å². The van der Waals surface area contributed by atoms with Crippen molar-refractivity contribution in [2.75, 3.05) is 20.2 Å². The molecule has 3 heterocycles. The van der Waals surface area contributed by atoms with Crippen LogP contribution >= 0.6 is 0 Å². The van der Waals surface area contributed by atoms with Crippen LogP contribution in [-0.2, 0) is 13.1 Å². The van der Waals surface area contributed by atoms with E-state index >= 15 is 0 Å². The van der Waals surface area contributed by atoms with Crippen molar-refractivity contribution in [1.29, 1.82) is 0 Å². The Bertz CT molecular complexity index is 835. The molecule has 0 bridgehead atoms. The van der Waals surface area contributed by atoms with Crippen LogP contribution in [0.25, 0.3) is 11.0 Å². The summed E-state index contributed by atoms with van der Waals surface area (Å²) in [7, 11) is 1.70. The smallest absolute Gasteiger partial charge is 0.140 e. The minimum absolute atomic E-state index is 0.824. The Balaban J connectivity index is 1.70. The number of nitrogens with zero attached hydrogens (tertiary/aromatic N) is 3. The van der Waals surface area contributed by atoms with E-state index in [-0.39, 0.29) is 0 Å². The van der Waals surface area contributed by atoms with Gasteiger partial charge < -0.3 is 9.30 Å². The lowest BCUT2D eigenvalue weighted by Gasteiger charge is -2.26. The van der Waals surface area contributed by atoms with E-state index in [1.807, 2.05) is 6.20 Å². The highest BCUT2D eigenvalue weighted by Crippen LogP contribution is 2.26. The van der Waals surface area contributed by atoms with E-state index in [1.54, 1.807) is 7.11 Å². The van der Waals surface area contributed by atoms with E-state index in [2.05, 4.69) is 57.0 Å². The maximum absolute atomic E-state index is 5.41. The Morgan fingerprint density at radius 3 is 2.60 bits per heavy atom. The summed E-state index contributed by atoms with van der Waals surface area (Å²) in [5, 5.41) is 1.21. The van der Waals surface area contributed by atoms with Gasteiger partial charge in [-0.3, -0.25) is 4.90 Å². The normalized spacial score (nSPS) is 15.6. The Hall–Kier alpha value is -2.33. The van der Waals surface area contributed by atoms with Crippen LogP contribution in [0.15, 0.2) is 48.8 Å². The van der Waals surface area contributed by atoms with E-state index in [0.29, 0.717) is 0 Å². The summed E-state index contributed by atoms with van der Waals surface area (Å²) in [5.74, 6) is 0.824. The highest BCUT2D eigenvalue weighted by atomic mass is 16.5. The van der Waals surface area contributed by atoms with Crippen molar-refractivity contribution in [3.05, 3.63) is 59.9 Å². The van der Waals surface area contributed by atoms with Gasteiger partial charge in [-0.2, -0.15) is 0 Å². The second-order valence-corrected chi connectivity index (χ2v) is 6.85. The fraction of sp³-hybridized carbons (Fsp3) is 0.381. The Morgan fingerprint density at radius 1 is 1.04 bits per heavy atom. The number of likely N-dealkylation sites (tertiary alicyclic amines) is 1. The van der Waals surface area contributed by atoms with Crippen LogP contribution in [0.4, 0.5) is 0 Å². The standard InChI is InChI=1S/C21H25N3O/c1-25-19-12-20-18(15-23-10-6-3-7-11-23)16-24(21(20)22-13-19)14-17-8-4-2-5-9-17/h2,4-5,8-9,12-13,16H,3,6-7,10-11,14-15H2,1H3. The molecule has 0 spiro atoms. The summed E-state index contributed by atoms with van der Waals surface area (Å²) >= 11 is 0. The molecule has 0 amide bonds. The summed E-state index contributed by atoms with van der Waals surface area (Å²) in [6.07, 6.45) is 8.07. The monoisotopic (exact) mass is 335 g/mol. The fourth-order valence-electron chi connectivity index (χ4n) is 3.72. The van der Waals surface area contributed by atoms with Crippen LogP contribution in [0.3, 0.4) is 0 Å². The predicted molar refractivity (Wildman–Crippen MR) is 101 cm³/mol. The maximum atomic E-state index is 5.41. The molecule has 0 atom stereocenters. The molecule has 1 aromatic carbocycles. The van der Waals surface area contributed by atoms with Crippen molar-refractivity contribution in [2.24, 2.45) is 0 Å². The lowest BCUT2D eigenvalue weighted by atomic mass is 10.1. The molecule has 1 aliphatic heterocycles. The zero-order valence-electron chi connectivity index (χ0n) is 14.8. The highest BCUT2D eigenvalue weighted by molar-refractivity contribution is 5.81. The number of ether oxygens (including phenoxy) is 1. The molecule has 0 radical (unpaired) electrons. The van der Waals surface area contributed by atoms with E-state index < -0.39 is 0 Å². The van der Waals surface area contributed by atoms with Gasteiger partial charge in [-0.05, 0) is 43.1 Å². The number of methoxy groups -OCH3 is 1. The van der Waals surface area contributed by atoms with E-state index in [0.717, 1.165) is 24.5 Å². The quantitative estimate of drug-likeness (QED) is 0.704. The molecule has 4 rings (SSSR count). The minimum atomic E-state index is 0.824. The van der Waals surface area contributed by atoms with Gasteiger partial charge >= 0.3 is 0 Å². The number of hydrogen-bond donors (Lipinski definition) is 0. The summed E-state index contributed by atoms with van der Waals surface area (Å²) < 4.78 is 7.68. The summed E-state index contributed by atoms with van der Waals surface area (Å²) in [5.41, 5.74) is 3.68. The van der Waals surface area contributed by atoms with Crippen molar-refractivity contribution in [3.63, 3.8) is 0 Å². The molecule has 1 aliphatic rings. The van der Waals surface area contributed by atoms with Gasteiger partial charge in [0.05, 0.1) is 13.3 Å². The van der Waals surface area contributed by atoms with Gasteiger partial charge in [-0.25, -0.2) is 4.98 Å². The molecule has 3 aromatic rings. The molecule has 2 aromatic heterocycles.